The Bertz CT molecular complexity index is 267. The lowest BCUT2D eigenvalue weighted by atomic mass is 9.95. The molecule has 2 aliphatic rings. The molecule has 1 unspecified atom stereocenters. The Kier molecular flexibility index (Phi) is 5.83. The molecule has 0 bridgehead atoms. The highest BCUT2D eigenvalue weighted by atomic mass is 32.2. The fourth-order valence-corrected chi connectivity index (χ4v) is 4.54. The van der Waals surface area contributed by atoms with Crippen LogP contribution in [0.1, 0.15) is 44.9 Å². The van der Waals surface area contributed by atoms with E-state index in [2.05, 4.69) is 16.7 Å². The minimum Gasteiger partial charge on any atom is -0.481 e. The Morgan fingerprint density at radius 1 is 1.22 bits per heavy atom. The molecule has 3 nitrogen and oxygen atoms in total. The minimum atomic E-state index is -0.637. The third kappa shape index (κ3) is 4.81. The number of carboxylic acids is 1. The largest absolute Gasteiger partial charge is 0.481 e. The summed E-state index contributed by atoms with van der Waals surface area (Å²) in [6, 6.07) is 0. The van der Waals surface area contributed by atoms with Crippen molar-refractivity contribution in [2.45, 2.75) is 50.2 Å². The van der Waals surface area contributed by atoms with Gasteiger partial charge in [0.15, 0.2) is 0 Å². The van der Waals surface area contributed by atoms with E-state index in [0.29, 0.717) is 12.3 Å². The summed E-state index contributed by atoms with van der Waals surface area (Å²) < 4.78 is 0. The predicted octanol–water partition coefficient (Wildman–Crippen LogP) is 2.85. The summed E-state index contributed by atoms with van der Waals surface area (Å²) in [5.74, 6) is 0.972. The Morgan fingerprint density at radius 2 is 2.00 bits per heavy atom. The second-order valence-corrected chi connectivity index (χ2v) is 7.09. The van der Waals surface area contributed by atoms with Crippen LogP contribution >= 0.6 is 11.8 Å². The van der Waals surface area contributed by atoms with Gasteiger partial charge < -0.3 is 10.0 Å². The van der Waals surface area contributed by atoms with E-state index >= 15 is 0 Å². The first kappa shape index (κ1) is 14.2. The van der Waals surface area contributed by atoms with Gasteiger partial charge in [0.05, 0.1) is 0 Å². The molecule has 1 aliphatic carbocycles. The zero-order chi connectivity index (χ0) is 12.8. The van der Waals surface area contributed by atoms with Gasteiger partial charge in [0.1, 0.15) is 0 Å². The molecule has 18 heavy (non-hydrogen) atoms. The number of nitrogens with zero attached hydrogens (tertiary/aromatic N) is 1. The fraction of sp³-hybridized carbons (Fsp3) is 0.929. The molecule has 0 radical (unpaired) electrons. The number of aliphatic carboxylic acids is 1. The molecule has 0 aromatic heterocycles. The van der Waals surface area contributed by atoms with Crippen LogP contribution in [0.5, 0.6) is 0 Å². The first-order valence-electron chi connectivity index (χ1n) is 7.30. The molecule has 1 aliphatic heterocycles. The van der Waals surface area contributed by atoms with Crippen molar-refractivity contribution in [1.82, 2.24) is 4.90 Å². The van der Waals surface area contributed by atoms with Crippen molar-refractivity contribution < 1.29 is 9.90 Å². The average molecular weight is 271 g/mol. The normalized spacial score (nSPS) is 26.6. The maximum absolute atomic E-state index is 10.7. The molecule has 2 fully saturated rings. The van der Waals surface area contributed by atoms with Crippen molar-refractivity contribution >= 4 is 17.7 Å². The molecule has 1 heterocycles. The van der Waals surface area contributed by atoms with Gasteiger partial charge in [-0.05, 0) is 38.1 Å². The van der Waals surface area contributed by atoms with Crippen LogP contribution in [0.15, 0.2) is 0 Å². The molecular weight excluding hydrogens is 246 g/mol. The summed E-state index contributed by atoms with van der Waals surface area (Å²) in [7, 11) is 0. The topological polar surface area (TPSA) is 40.5 Å². The van der Waals surface area contributed by atoms with Crippen molar-refractivity contribution in [3.8, 4) is 0 Å². The van der Waals surface area contributed by atoms with Gasteiger partial charge in [-0.2, -0.15) is 11.8 Å². The summed E-state index contributed by atoms with van der Waals surface area (Å²) >= 11 is 2.13. The van der Waals surface area contributed by atoms with Crippen LogP contribution in [0, 0.1) is 5.92 Å². The van der Waals surface area contributed by atoms with Crippen LogP contribution in [0.2, 0.25) is 0 Å². The standard InChI is InChI=1S/C14H25NO2S/c16-14(17)10-12-4-3-7-15(11-12)8-9-18-13-5-1-2-6-13/h12-13H,1-11H2,(H,16,17). The quantitative estimate of drug-likeness (QED) is 0.806. The van der Waals surface area contributed by atoms with E-state index in [0.717, 1.165) is 24.8 Å². The molecule has 1 saturated heterocycles. The number of carbonyl (C=O) groups is 1. The van der Waals surface area contributed by atoms with Gasteiger partial charge in [-0.15, -0.1) is 0 Å². The number of hydrogen-bond donors (Lipinski definition) is 1. The lowest BCUT2D eigenvalue weighted by Crippen LogP contribution is -2.37. The van der Waals surface area contributed by atoms with Gasteiger partial charge >= 0.3 is 5.97 Å². The molecule has 4 heteroatoms. The minimum absolute atomic E-state index is 0.353. The van der Waals surface area contributed by atoms with Crippen molar-refractivity contribution in [1.29, 1.82) is 0 Å². The second kappa shape index (κ2) is 7.39. The Labute approximate surface area is 114 Å². The van der Waals surface area contributed by atoms with Crippen molar-refractivity contribution in [3.05, 3.63) is 0 Å². The van der Waals surface area contributed by atoms with E-state index < -0.39 is 5.97 Å². The predicted molar refractivity (Wildman–Crippen MR) is 76.1 cm³/mol. The number of piperidine rings is 1. The van der Waals surface area contributed by atoms with Crippen molar-refractivity contribution in [2.75, 3.05) is 25.4 Å². The zero-order valence-electron chi connectivity index (χ0n) is 11.1. The fourth-order valence-electron chi connectivity index (χ4n) is 3.17. The molecule has 2 rings (SSSR count). The van der Waals surface area contributed by atoms with Gasteiger partial charge in [-0.3, -0.25) is 4.79 Å². The molecule has 0 aromatic carbocycles. The highest BCUT2D eigenvalue weighted by Crippen LogP contribution is 2.29. The van der Waals surface area contributed by atoms with E-state index in [-0.39, 0.29) is 0 Å². The Balaban J connectivity index is 1.61. The van der Waals surface area contributed by atoms with Crippen molar-refractivity contribution in [3.63, 3.8) is 0 Å². The third-order valence-corrected chi connectivity index (χ3v) is 5.49. The van der Waals surface area contributed by atoms with Gasteiger partial charge in [0, 0.05) is 30.5 Å². The van der Waals surface area contributed by atoms with Crippen LogP contribution in [0.25, 0.3) is 0 Å². The molecule has 0 spiro atoms. The van der Waals surface area contributed by atoms with Crippen LogP contribution in [-0.2, 0) is 4.79 Å². The highest BCUT2D eigenvalue weighted by molar-refractivity contribution is 7.99. The van der Waals surface area contributed by atoms with Gasteiger partial charge in [-0.1, -0.05) is 12.8 Å². The van der Waals surface area contributed by atoms with Gasteiger partial charge in [-0.25, -0.2) is 0 Å². The zero-order valence-corrected chi connectivity index (χ0v) is 12.0. The SMILES string of the molecule is O=C(O)CC1CCCN(CCSC2CCCC2)C1. The number of hydrogen-bond acceptors (Lipinski definition) is 3. The van der Waals surface area contributed by atoms with Crippen LogP contribution in [-0.4, -0.2) is 46.6 Å². The lowest BCUT2D eigenvalue weighted by molar-refractivity contribution is -0.138. The Hall–Kier alpha value is -0.220. The van der Waals surface area contributed by atoms with E-state index in [1.165, 1.54) is 44.4 Å². The second-order valence-electron chi connectivity index (χ2n) is 5.68. The summed E-state index contributed by atoms with van der Waals surface area (Å²) in [5, 5.41) is 9.76. The van der Waals surface area contributed by atoms with Crippen LogP contribution in [0.3, 0.4) is 0 Å². The van der Waals surface area contributed by atoms with E-state index in [1.54, 1.807) is 0 Å². The van der Waals surface area contributed by atoms with E-state index in [1.807, 2.05) is 0 Å². The molecular formula is C14H25NO2S. The Morgan fingerprint density at radius 3 is 2.72 bits per heavy atom. The summed E-state index contributed by atoms with van der Waals surface area (Å²) in [5.41, 5.74) is 0. The smallest absolute Gasteiger partial charge is 0.303 e. The number of carboxylic acid groups (broad SMARTS) is 1. The van der Waals surface area contributed by atoms with Gasteiger partial charge in [0.25, 0.3) is 0 Å². The number of rotatable bonds is 6. The summed E-state index contributed by atoms with van der Waals surface area (Å²) in [6.45, 7) is 3.32. The first-order chi connectivity index (χ1) is 8.74. The molecule has 1 atom stereocenters. The molecule has 0 aromatic rings. The van der Waals surface area contributed by atoms with Crippen molar-refractivity contribution in [2.24, 2.45) is 5.92 Å². The molecule has 104 valence electrons. The maximum atomic E-state index is 10.7. The number of thioether (sulfide) groups is 1. The monoisotopic (exact) mass is 271 g/mol. The summed E-state index contributed by atoms with van der Waals surface area (Å²) in [4.78, 5) is 13.2. The highest BCUT2D eigenvalue weighted by Gasteiger charge is 2.22. The van der Waals surface area contributed by atoms with Gasteiger partial charge in [0.2, 0.25) is 0 Å². The lowest BCUT2D eigenvalue weighted by Gasteiger charge is -2.32. The molecule has 1 N–H and O–H groups in total. The van der Waals surface area contributed by atoms with E-state index in [4.69, 9.17) is 5.11 Å². The van der Waals surface area contributed by atoms with E-state index in [9.17, 15) is 4.79 Å². The maximum Gasteiger partial charge on any atom is 0.303 e. The number of likely N-dealkylation sites (tertiary alicyclic amines) is 1. The van der Waals surface area contributed by atoms with Crippen LogP contribution in [0.4, 0.5) is 0 Å². The molecule has 1 saturated carbocycles. The first-order valence-corrected chi connectivity index (χ1v) is 8.34. The van der Waals surface area contributed by atoms with Crippen LogP contribution < -0.4 is 0 Å². The summed E-state index contributed by atoms with van der Waals surface area (Å²) in [6.07, 6.45) is 8.28. The third-order valence-electron chi connectivity index (χ3n) is 4.13. The molecule has 0 amide bonds. The average Bonchev–Trinajstić information content (AvgIpc) is 2.82.